The van der Waals surface area contributed by atoms with Gasteiger partial charge >= 0.3 is 0 Å². The largest absolute Gasteiger partial charge is 0.497 e. The van der Waals surface area contributed by atoms with E-state index >= 15 is 0 Å². The van der Waals surface area contributed by atoms with Gasteiger partial charge in [-0.3, -0.25) is 9.59 Å². The Balaban J connectivity index is 1.59. The number of piperidine rings is 1. The van der Waals surface area contributed by atoms with E-state index in [-0.39, 0.29) is 41.6 Å². The molecule has 0 unspecified atom stereocenters. The first-order valence-electron chi connectivity index (χ1n) is 12.5. The lowest BCUT2D eigenvalue weighted by molar-refractivity contribution is -0.138. The zero-order valence-corrected chi connectivity index (χ0v) is 21.5. The van der Waals surface area contributed by atoms with Crippen LogP contribution in [0.2, 0.25) is 0 Å². The molecule has 0 spiro atoms. The summed E-state index contributed by atoms with van der Waals surface area (Å²) in [6.45, 7) is 6.17. The van der Waals surface area contributed by atoms with Crippen molar-refractivity contribution in [3.63, 3.8) is 0 Å². The summed E-state index contributed by atoms with van der Waals surface area (Å²) in [6, 6.07) is 5.81. The van der Waals surface area contributed by atoms with Gasteiger partial charge < -0.3 is 15.0 Å². The Labute approximate surface area is 204 Å². The summed E-state index contributed by atoms with van der Waals surface area (Å²) in [4.78, 5) is 28.4. The molecule has 0 saturated carbocycles. The molecule has 2 saturated heterocycles. The topological polar surface area (TPSA) is 96.0 Å². The number of methoxy groups -OCH3 is 1. The second-order valence-corrected chi connectivity index (χ2v) is 11.7. The Bertz CT molecular complexity index is 916. The van der Waals surface area contributed by atoms with Crippen LogP contribution in [0.4, 0.5) is 0 Å². The minimum absolute atomic E-state index is 0.0171. The fourth-order valence-electron chi connectivity index (χ4n) is 4.75. The quantitative estimate of drug-likeness (QED) is 0.601. The molecule has 0 bridgehead atoms. The van der Waals surface area contributed by atoms with Crippen molar-refractivity contribution in [3.05, 3.63) is 24.3 Å². The summed E-state index contributed by atoms with van der Waals surface area (Å²) in [5, 5.41) is 3.02. The fraction of sp³-hybridized carbons (Fsp3) is 0.680. The lowest BCUT2D eigenvalue weighted by atomic mass is 9.95. The van der Waals surface area contributed by atoms with Gasteiger partial charge in [0.15, 0.2) is 0 Å². The van der Waals surface area contributed by atoms with Crippen molar-refractivity contribution in [1.29, 1.82) is 0 Å². The summed E-state index contributed by atoms with van der Waals surface area (Å²) in [5.41, 5.74) is 0. The third kappa shape index (κ3) is 6.72. The zero-order chi connectivity index (χ0) is 24.7. The molecule has 1 aromatic carbocycles. The number of carbonyl (C=O) groups is 2. The number of amides is 2. The molecule has 3 rings (SSSR count). The van der Waals surface area contributed by atoms with Crippen molar-refractivity contribution in [1.82, 2.24) is 14.5 Å². The van der Waals surface area contributed by atoms with Crippen LogP contribution in [0.3, 0.4) is 0 Å². The highest BCUT2D eigenvalue weighted by molar-refractivity contribution is 7.89. The molecular formula is C25H39N3O5S. The standard InChI is InChI=1S/C25H39N3O5S/c1-19(2)18-23(25(30)27-14-6-4-5-7-15-27)26-24(29)20-12-16-28(17-13-20)34(31,32)22-10-8-21(33-3)9-11-22/h8-11,19-20,23H,4-7,12-18H2,1-3H3,(H,26,29)/t23-/m1/s1. The first kappa shape index (κ1) is 26.5. The minimum atomic E-state index is -3.62. The molecule has 2 amide bonds. The highest BCUT2D eigenvalue weighted by Gasteiger charge is 2.34. The Hall–Kier alpha value is -2.13. The number of sulfonamides is 1. The van der Waals surface area contributed by atoms with E-state index in [0.717, 1.165) is 38.8 Å². The van der Waals surface area contributed by atoms with Crippen molar-refractivity contribution >= 4 is 21.8 Å². The van der Waals surface area contributed by atoms with Gasteiger partial charge in [-0.05, 0) is 62.3 Å². The Morgan fingerprint density at radius 3 is 2.12 bits per heavy atom. The van der Waals surface area contributed by atoms with Crippen LogP contribution in [0.5, 0.6) is 5.75 Å². The van der Waals surface area contributed by atoms with Gasteiger partial charge in [0.2, 0.25) is 21.8 Å². The monoisotopic (exact) mass is 493 g/mol. The first-order chi connectivity index (χ1) is 16.2. The number of ether oxygens (including phenoxy) is 1. The molecule has 0 aromatic heterocycles. The lowest BCUT2D eigenvalue weighted by Gasteiger charge is -2.32. The molecule has 2 aliphatic rings. The Kier molecular flexibility index (Phi) is 9.36. The number of hydrogen-bond acceptors (Lipinski definition) is 5. The van der Waals surface area contributed by atoms with Gasteiger partial charge in [0.25, 0.3) is 0 Å². The molecule has 34 heavy (non-hydrogen) atoms. The van der Waals surface area contributed by atoms with E-state index in [0.29, 0.717) is 25.0 Å². The molecular weight excluding hydrogens is 454 g/mol. The molecule has 0 aliphatic carbocycles. The van der Waals surface area contributed by atoms with Crippen molar-refractivity contribution in [2.24, 2.45) is 11.8 Å². The molecule has 1 aromatic rings. The number of nitrogens with zero attached hydrogens (tertiary/aromatic N) is 2. The van der Waals surface area contributed by atoms with Gasteiger partial charge in [-0.1, -0.05) is 26.7 Å². The summed E-state index contributed by atoms with van der Waals surface area (Å²) in [5.74, 6) is 0.449. The molecule has 190 valence electrons. The minimum Gasteiger partial charge on any atom is -0.497 e. The van der Waals surface area contributed by atoms with Crippen LogP contribution in [0.25, 0.3) is 0 Å². The van der Waals surface area contributed by atoms with Crippen LogP contribution in [0, 0.1) is 11.8 Å². The third-order valence-corrected chi connectivity index (χ3v) is 8.67. The molecule has 1 atom stereocenters. The Morgan fingerprint density at radius 1 is 1.00 bits per heavy atom. The van der Waals surface area contributed by atoms with Crippen LogP contribution in [0.15, 0.2) is 29.2 Å². The van der Waals surface area contributed by atoms with E-state index in [4.69, 9.17) is 4.74 Å². The molecule has 8 nitrogen and oxygen atoms in total. The molecule has 2 aliphatic heterocycles. The van der Waals surface area contributed by atoms with Crippen molar-refractivity contribution in [2.75, 3.05) is 33.3 Å². The fourth-order valence-corrected chi connectivity index (χ4v) is 6.22. The highest BCUT2D eigenvalue weighted by atomic mass is 32.2. The van der Waals surface area contributed by atoms with E-state index in [2.05, 4.69) is 19.2 Å². The van der Waals surface area contributed by atoms with Crippen molar-refractivity contribution in [2.45, 2.75) is 69.7 Å². The van der Waals surface area contributed by atoms with Crippen LogP contribution in [-0.2, 0) is 19.6 Å². The maximum absolute atomic E-state index is 13.2. The van der Waals surface area contributed by atoms with Gasteiger partial charge in [0.1, 0.15) is 11.8 Å². The average Bonchev–Trinajstić information content (AvgIpc) is 3.12. The molecule has 1 N–H and O–H groups in total. The second kappa shape index (κ2) is 12.0. The number of likely N-dealkylation sites (tertiary alicyclic amines) is 1. The van der Waals surface area contributed by atoms with Crippen LogP contribution < -0.4 is 10.1 Å². The smallest absolute Gasteiger partial charge is 0.245 e. The maximum Gasteiger partial charge on any atom is 0.245 e. The third-order valence-electron chi connectivity index (χ3n) is 6.76. The maximum atomic E-state index is 13.2. The molecule has 2 fully saturated rings. The average molecular weight is 494 g/mol. The Morgan fingerprint density at radius 2 is 1.59 bits per heavy atom. The van der Waals surface area contributed by atoms with Gasteiger partial charge in [-0.15, -0.1) is 0 Å². The van der Waals surface area contributed by atoms with Gasteiger partial charge in [-0.25, -0.2) is 8.42 Å². The second-order valence-electron chi connectivity index (χ2n) is 9.78. The summed E-state index contributed by atoms with van der Waals surface area (Å²) < 4.78 is 32.5. The van der Waals surface area contributed by atoms with Crippen LogP contribution >= 0.6 is 0 Å². The van der Waals surface area contributed by atoms with E-state index in [1.54, 1.807) is 12.1 Å². The normalized spacial score (nSPS) is 19.5. The lowest BCUT2D eigenvalue weighted by Crippen LogP contribution is -2.52. The molecule has 0 radical (unpaired) electrons. The van der Waals surface area contributed by atoms with Crippen molar-refractivity contribution < 1.29 is 22.7 Å². The van der Waals surface area contributed by atoms with E-state index in [1.807, 2.05) is 4.90 Å². The van der Waals surface area contributed by atoms with Gasteiger partial charge in [0, 0.05) is 32.1 Å². The highest BCUT2D eigenvalue weighted by Crippen LogP contribution is 2.26. The first-order valence-corrected chi connectivity index (χ1v) is 13.9. The van der Waals surface area contributed by atoms with E-state index in [9.17, 15) is 18.0 Å². The number of rotatable bonds is 8. The summed E-state index contributed by atoms with van der Waals surface area (Å²) in [6.07, 6.45) is 5.78. The number of carbonyl (C=O) groups excluding carboxylic acids is 2. The van der Waals surface area contributed by atoms with Gasteiger partial charge in [0.05, 0.1) is 12.0 Å². The molecule has 2 heterocycles. The predicted molar refractivity (Wildman–Crippen MR) is 131 cm³/mol. The summed E-state index contributed by atoms with van der Waals surface area (Å²) >= 11 is 0. The molecule has 9 heteroatoms. The SMILES string of the molecule is COc1ccc(S(=O)(=O)N2CCC(C(=O)N[C@H](CC(C)C)C(=O)N3CCCCCC3)CC2)cc1. The summed E-state index contributed by atoms with van der Waals surface area (Å²) in [7, 11) is -2.09. The van der Waals surface area contributed by atoms with Crippen LogP contribution in [-0.4, -0.2) is 68.8 Å². The predicted octanol–water partition coefficient (Wildman–Crippen LogP) is 3.03. The van der Waals surface area contributed by atoms with Crippen molar-refractivity contribution in [3.8, 4) is 5.75 Å². The van der Waals surface area contributed by atoms with Gasteiger partial charge in [-0.2, -0.15) is 4.31 Å². The number of hydrogen-bond donors (Lipinski definition) is 1. The van der Waals surface area contributed by atoms with E-state index < -0.39 is 16.1 Å². The number of nitrogens with one attached hydrogen (secondary N) is 1. The zero-order valence-electron chi connectivity index (χ0n) is 20.7. The van der Waals surface area contributed by atoms with E-state index in [1.165, 1.54) is 23.5 Å². The number of benzene rings is 1. The van der Waals surface area contributed by atoms with Crippen LogP contribution in [0.1, 0.15) is 58.8 Å².